The molecule has 1 heterocycles. The summed E-state index contributed by atoms with van der Waals surface area (Å²) >= 11 is 0. The van der Waals surface area contributed by atoms with Crippen LogP contribution in [0.2, 0.25) is 0 Å². The summed E-state index contributed by atoms with van der Waals surface area (Å²) in [5, 5.41) is 4.31. The van der Waals surface area contributed by atoms with Gasteiger partial charge in [-0.15, -0.1) is 0 Å². The molecule has 6 heteroatoms. The van der Waals surface area contributed by atoms with Crippen molar-refractivity contribution in [3.8, 4) is 0 Å². The Kier molecular flexibility index (Phi) is 5.38. The minimum Gasteiger partial charge on any atom is -0.270 e. The standard InChI is InChI=1S/C14H27N3O2S/c1-7-13(11-17-12(2)8-9-15-17)10-14(3,4)16(5)20(6,18)19/h8-9,13H,7,10-11H2,1-6H3. The van der Waals surface area contributed by atoms with Crippen LogP contribution in [0.25, 0.3) is 0 Å². The van der Waals surface area contributed by atoms with Crippen molar-refractivity contribution in [2.24, 2.45) is 5.92 Å². The van der Waals surface area contributed by atoms with Crippen LogP contribution in [0, 0.1) is 12.8 Å². The van der Waals surface area contributed by atoms with Gasteiger partial charge in [-0.1, -0.05) is 13.3 Å². The van der Waals surface area contributed by atoms with E-state index in [0.29, 0.717) is 5.92 Å². The van der Waals surface area contributed by atoms with E-state index in [1.54, 1.807) is 13.2 Å². The number of hydrogen-bond acceptors (Lipinski definition) is 3. The Balaban J connectivity index is 2.80. The molecule has 0 aliphatic carbocycles. The third-order valence-corrected chi connectivity index (χ3v) is 5.56. The number of sulfonamides is 1. The first-order valence-corrected chi connectivity index (χ1v) is 8.85. The van der Waals surface area contributed by atoms with Gasteiger partial charge in [-0.25, -0.2) is 8.42 Å². The lowest BCUT2D eigenvalue weighted by Gasteiger charge is -2.36. The minimum atomic E-state index is -3.17. The van der Waals surface area contributed by atoms with Crippen LogP contribution in [-0.4, -0.2) is 41.3 Å². The molecule has 5 nitrogen and oxygen atoms in total. The Morgan fingerprint density at radius 2 is 2.05 bits per heavy atom. The van der Waals surface area contributed by atoms with Crippen molar-refractivity contribution in [1.29, 1.82) is 0 Å². The summed E-state index contributed by atoms with van der Waals surface area (Å²) in [6, 6.07) is 1.99. The second kappa shape index (κ2) is 6.26. The average molecular weight is 301 g/mol. The Hall–Kier alpha value is -0.880. The fourth-order valence-electron chi connectivity index (χ4n) is 2.46. The van der Waals surface area contributed by atoms with E-state index in [-0.39, 0.29) is 0 Å². The summed E-state index contributed by atoms with van der Waals surface area (Å²) in [6.07, 6.45) is 4.87. The van der Waals surface area contributed by atoms with Gasteiger partial charge in [-0.3, -0.25) is 4.68 Å². The molecule has 0 saturated heterocycles. The predicted octanol–water partition coefficient (Wildman–Crippen LogP) is 2.28. The van der Waals surface area contributed by atoms with Crippen LogP contribution in [0.5, 0.6) is 0 Å². The fourth-order valence-corrected chi connectivity index (χ4v) is 3.43. The molecule has 0 bridgehead atoms. The van der Waals surface area contributed by atoms with E-state index >= 15 is 0 Å². The van der Waals surface area contributed by atoms with Crippen LogP contribution in [0.4, 0.5) is 0 Å². The first kappa shape index (κ1) is 17.2. The zero-order valence-corrected chi connectivity index (χ0v) is 14.2. The largest absolute Gasteiger partial charge is 0.270 e. The normalized spacial score (nSPS) is 14.8. The zero-order valence-electron chi connectivity index (χ0n) is 13.4. The average Bonchev–Trinajstić information content (AvgIpc) is 2.71. The van der Waals surface area contributed by atoms with Crippen LogP contribution in [0.1, 0.15) is 39.3 Å². The summed E-state index contributed by atoms with van der Waals surface area (Å²) in [4.78, 5) is 0. The molecule has 1 aromatic heterocycles. The van der Waals surface area contributed by atoms with E-state index in [1.807, 2.05) is 31.5 Å². The van der Waals surface area contributed by atoms with Gasteiger partial charge >= 0.3 is 0 Å². The van der Waals surface area contributed by atoms with Crippen LogP contribution in [0.3, 0.4) is 0 Å². The molecule has 0 aromatic carbocycles. The minimum absolute atomic E-state index is 0.394. The monoisotopic (exact) mass is 301 g/mol. The highest BCUT2D eigenvalue weighted by atomic mass is 32.2. The molecular weight excluding hydrogens is 274 g/mol. The Morgan fingerprint density at radius 1 is 1.45 bits per heavy atom. The molecule has 0 N–H and O–H groups in total. The van der Waals surface area contributed by atoms with Gasteiger partial charge in [-0.2, -0.15) is 9.40 Å². The highest BCUT2D eigenvalue weighted by Crippen LogP contribution is 2.27. The quantitative estimate of drug-likeness (QED) is 0.776. The summed E-state index contributed by atoms with van der Waals surface area (Å²) in [6.45, 7) is 8.96. The van der Waals surface area contributed by atoms with Gasteiger partial charge in [0.15, 0.2) is 0 Å². The van der Waals surface area contributed by atoms with Gasteiger partial charge in [0, 0.05) is 31.0 Å². The van der Waals surface area contributed by atoms with E-state index < -0.39 is 15.6 Å². The second-order valence-electron chi connectivity index (χ2n) is 6.18. The maximum Gasteiger partial charge on any atom is 0.211 e. The van der Waals surface area contributed by atoms with Crippen LogP contribution in [-0.2, 0) is 16.6 Å². The molecule has 1 aromatic rings. The predicted molar refractivity (Wildman–Crippen MR) is 82.0 cm³/mol. The smallest absolute Gasteiger partial charge is 0.211 e. The molecule has 0 amide bonds. The number of rotatable bonds is 7. The summed E-state index contributed by atoms with van der Waals surface area (Å²) < 4.78 is 26.9. The molecular formula is C14H27N3O2S. The van der Waals surface area contributed by atoms with E-state index in [0.717, 1.165) is 25.1 Å². The van der Waals surface area contributed by atoms with Crippen molar-refractivity contribution in [2.45, 2.75) is 52.6 Å². The van der Waals surface area contributed by atoms with E-state index in [1.165, 1.54) is 10.6 Å². The maximum atomic E-state index is 11.7. The highest BCUT2D eigenvalue weighted by Gasteiger charge is 2.32. The summed E-state index contributed by atoms with van der Waals surface area (Å²) in [5.41, 5.74) is 0.743. The van der Waals surface area contributed by atoms with Gasteiger partial charge in [0.25, 0.3) is 0 Å². The fraction of sp³-hybridized carbons (Fsp3) is 0.786. The van der Waals surface area contributed by atoms with Crippen molar-refractivity contribution in [3.05, 3.63) is 18.0 Å². The molecule has 116 valence electrons. The van der Waals surface area contributed by atoms with E-state index in [2.05, 4.69) is 12.0 Å². The maximum absolute atomic E-state index is 11.7. The van der Waals surface area contributed by atoms with Crippen molar-refractivity contribution in [2.75, 3.05) is 13.3 Å². The van der Waals surface area contributed by atoms with Crippen molar-refractivity contribution >= 4 is 10.0 Å². The summed E-state index contributed by atoms with van der Waals surface area (Å²) in [5.74, 6) is 0.396. The Morgan fingerprint density at radius 3 is 2.45 bits per heavy atom. The second-order valence-corrected chi connectivity index (χ2v) is 8.19. The molecule has 0 radical (unpaired) electrons. The van der Waals surface area contributed by atoms with Crippen LogP contribution >= 0.6 is 0 Å². The van der Waals surface area contributed by atoms with Gasteiger partial charge in [0.05, 0.1) is 6.26 Å². The number of aryl methyl sites for hydroxylation is 1. The molecule has 0 fully saturated rings. The first-order valence-electron chi connectivity index (χ1n) is 7.00. The van der Waals surface area contributed by atoms with Crippen LogP contribution in [0.15, 0.2) is 12.3 Å². The molecule has 20 heavy (non-hydrogen) atoms. The highest BCUT2D eigenvalue weighted by molar-refractivity contribution is 7.88. The van der Waals surface area contributed by atoms with Gasteiger partial charge in [0.2, 0.25) is 10.0 Å². The zero-order chi connectivity index (χ0) is 15.6. The topological polar surface area (TPSA) is 55.2 Å². The van der Waals surface area contributed by atoms with Crippen molar-refractivity contribution in [3.63, 3.8) is 0 Å². The molecule has 1 unspecified atom stereocenters. The molecule has 0 aliphatic rings. The Bertz CT molecular complexity index is 534. The number of nitrogens with zero attached hydrogens (tertiary/aromatic N) is 3. The van der Waals surface area contributed by atoms with E-state index in [9.17, 15) is 8.42 Å². The first-order chi connectivity index (χ1) is 9.08. The molecule has 1 atom stereocenters. The summed E-state index contributed by atoms with van der Waals surface area (Å²) in [7, 11) is -1.52. The van der Waals surface area contributed by atoms with Gasteiger partial charge in [0.1, 0.15) is 0 Å². The van der Waals surface area contributed by atoms with Crippen LogP contribution < -0.4 is 0 Å². The van der Waals surface area contributed by atoms with E-state index in [4.69, 9.17) is 0 Å². The molecule has 0 aliphatic heterocycles. The van der Waals surface area contributed by atoms with Gasteiger partial charge < -0.3 is 0 Å². The SMILES string of the molecule is CCC(Cn1nccc1C)CC(C)(C)N(C)S(C)(=O)=O. The molecule has 0 spiro atoms. The van der Waals surface area contributed by atoms with Crippen molar-refractivity contribution < 1.29 is 8.42 Å². The lowest BCUT2D eigenvalue weighted by atomic mass is 9.89. The lowest BCUT2D eigenvalue weighted by molar-refractivity contribution is 0.195. The lowest BCUT2D eigenvalue weighted by Crippen LogP contribution is -2.46. The Labute approximate surface area is 123 Å². The van der Waals surface area contributed by atoms with Crippen molar-refractivity contribution in [1.82, 2.24) is 14.1 Å². The third kappa shape index (κ3) is 4.31. The molecule has 1 rings (SSSR count). The third-order valence-electron chi connectivity index (χ3n) is 4.08. The number of aromatic nitrogens is 2. The van der Waals surface area contributed by atoms with Gasteiger partial charge in [-0.05, 0) is 39.2 Å². The molecule has 0 saturated carbocycles. The number of hydrogen-bond donors (Lipinski definition) is 0.